The van der Waals surface area contributed by atoms with Crippen LogP contribution >= 0.6 is 11.3 Å². The molecule has 1 saturated heterocycles. The van der Waals surface area contributed by atoms with Gasteiger partial charge in [-0.15, -0.1) is 11.3 Å². The summed E-state index contributed by atoms with van der Waals surface area (Å²) in [4.78, 5) is 33.4. The number of aromatic nitrogens is 1. The fraction of sp³-hybridized carbons (Fsp3) is 0.389. The van der Waals surface area contributed by atoms with E-state index in [-0.39, 0.29) is 11.8 Å². The van der Waals surface area contributed by atoms with Crippen molar-refractivity contribution in [3.8, 4) is 16.3 Å². The van der Waals surface area contributed by atoms with E-state index in [1.165, 1.54) is 16.2 Å². The van der Waals surface area contributed by atoms with Gasteiger partial charge in [0, 0.05) is 18.1 Å². The van der Waals surface area contributed by atoms with Gasteiger partial charge in [-0.3, -0.25) is 9.59 Å². The molecule has 1 aromatic carbocycles. The Bertz CT molecular complexity index is 804. The molecule has 2 heterocycles. The number of thiazole rings is 1. The van der Waals surface area contributed by atoms with Crippen molar-refractivity contribution < 1.29 is 14.3 Å². The summed E-state index contributed by atoms with van der Waals surface area (Å²) in [6.45, 7) is 3.91. The number of piperazine rings is 1. The van der Waals surface area contributed by atoms with E-state index in [2.05, 4.69) is 4.98 Å². The third-order valence-corrected chi connectivity index (χ3v) is 5.63. The zero-order valence-electron chi connectivity index (χ0n) is 14.7. The number of carbonyl (C=O) groups is 2. The lowest BCUT2D eigenvalue weighted by atomic mass is 10.1. The Morgan fingerprint density at radius 3 is 2.60 bits per heavy atom. The molecular weight excluding hydrogens is 338 g/mol. The Kier molecular flexibility index (Phi) is 4.76. The van der Waals surface area contributed by atoms with Gasteiger partial charge in [-0.1, -0.05) is 12.1 Å². The Morgan fingerprint density at radius 2 is 1.88 bits per heavy atom. The van der Waals surface area contributed by atoms with Gasteiger partial charge < -0.3 is 14.5 Å². The second-order valence-corrected chi connectivity index (χ2v) is 7.21. The summed E-state index contributed by atoms with van der Waals surface area (Å²) >= 11 is 1.51. The van der Waals surface area contributed by atoms with Gasteiger partial charge in [0.1, 0.15) is 22.8 Å². The first kappa shape index (κ1) is 17.4. The van der Waals surface area contributed by atoms with E-state index >= 15 is 0 Å². The summed E-state index contributed by atoms with van der Waals surface area (Å²) in [6, 6.07) is 6.79. The highest BCUT2D eigenvalue weighted by Gasteiger charge is 2.39. The van der Waals surface area contributed by atoms with Crippen LogP contribution in [-0.2, 0) is 16.1 Å². The van der Waals surface area contributed by atoms with Crippen LogP contribution < -0.4 is 4.74 Å². The van der Waals surface area contributed by atoms with E-state index in [1.54, 1.807) is 39.1 Å². The number of likely N-dealkylation sites (N-methyl/N-ethyl adjacent to an activating group) is 1. The van der Waals surface area contributed by atoms with Crippen molar-refractivity contribution in [3.63, 3.8) is 0 Å². The molecule has 2 aromatic rings. The molecule has 1 aliphatic rings. The number of benzene rings is 1. The number of carbonyl (C=O) groups excluding carboxylic acids is 2. The third-order valence-electron chi connectivity index (χ3n) is 4.61. The lowest BCUT2D eigenvalue weighted by molar-refractivity contribution is -0.159. The predicted molar refractivity (Wildman–Crippen MR) is 96.3 cm³/mol. The van der Waals surface area contributed by atoms with Crippen molar-refractivity contribution in [3.05, 3.63) is 35.3 Å². The van der Waals surface area contributed by atoms with Crippen LogP contribution in [0.3, 0.4) is 0 Å². The summed E-state index contributed by atoms with van der Waals surface area (Å²) in [6.07, 6.45) is 1.76. The van der Waals surface area contributed by atoms with Crippen molar-refractivity contribution in [1.82, 2.24) is 14.8 Å². The molecule has 1 aliphatic heterocycles. The number of nitrogens with zero attached hydrogens (tertiary/aromatic N) is 3. The van der Waals surface area contributed by atoms with E-state index in [0.717, 1.165) is 21.2 Å². The third kappa shape index (κ3) is 3.11. The van der Waals surface area contributed by atoms with Gasteiger partial charge in [0.2, 0.25) is 11.8 Å². The molecule has 2 atom stereocenters. The summed E-state index contributed by atoms with van der Waals surface area (Å²) in [7, 11) is 3.30. The van der Waals surface area contributed by atoms with E-state index in [1.807, 2.05) is 24.3 Å². The van der Waals surface area contributed by atoms with Gasteiger partial charge in [0.15, 0.2) is 0 Å². The lowest BCUT2D eigenvalue weighted by Gasteiger charge is -2.40. The van der Waals surface area contributed by atoms with Crippen LogP contribution in [0, 0.1) is 0 Å². The van der Waals surface area contributed by atoms with Crippen molar-refractivity contribution in [2.75, 3.05) is 14.2 Å². The van der Waals surface area contributed by atoms with Crippen LogP contribution in [-0.4, -0.2) is 52.8 Å². The minimum atomic E-state index is -0.467. The fourth-order valence-corrected chi connectivity index (χ4v) is 3.87. The number of hydrogen-bond acceptors (Lipinski definition) is 5. The molecular formula is C18H21N3O3S. The highest BCUT2D eigenvalue weighted by molar-refractivity contribution is 7.15. The molecule has 2 amide bonds. The number of hydrogen-bond donors (Lipinski definition) is 0. The smallest absolute Gasteiger partial charge is 0.246 e. The summed E-state index contributed by atoms with van der Waals surface area (Å²) in [5, 5.41) is 0.834. The van der Waals surface area contributed by atoms with Gasteiger partial charge in [0.25, 0.3) is 0 Å². The molecule has 0 bridgehead atoms. The highest BCUT2D eigenvalue weighted by atomic mass is 32.1. The van der Waals surface area contributed by atoms with Gasteiger partial charge in [-0.2, -0.15) is 0 Å². The van der Waals surface area contributed by atoms with Gasteiger partial charge >= 0.3 is 0 Å². The molecule has 25 heavy (non-hydrogen) atoms. The standard InChI is InChI=1S/C18H21N3O3S/c1-11-18(23)21(12(2)17(22)20(11)3)10-13-9-19-16(25-13)14-7-5-6-8-15(14)24-4/h5-9,11-12H,10H2,1-4H3/t11-,12-/m0/s1. The maximum atomic E-state index is 12.6. The topological polar surface area (TPSA) is 62.7 Å². The van der Waals surface area contributed by atoms with E-state index in [9.17, 15) is 9.59 Å². The fourth-order valence-electron chi connectivity index (χ4n) is 2.92. The molecule has 0 unspecified atom stereocenters. The average Bonchev–Trinajstić information content (AvgIpc) is 3.10. The Balaban J connectivity index is 1.84. The summed E-state index contributed by atoms with van der Waals surface area (Å²) in [5.41, 5.74) is 0.920. The van der Waals surface area contributed by atoms with Crippen LogP contribution in [0.2, 0.25) is 0 Å². The maximum absolute atomic E-state index is 12.6. The van der Waals surface area contributed by atoms with Crippen LogP contribution in [0.4, 0.5) is 0 Å². The van der Waals surface area contributed by atoms with E-state index < -0.39 is 12.1 Å². The van der Waals surface area contributed by atoms with Gasteiger partial charge in [0.05, 0.1) is 19.2 Å². The second kappa shape index (κ2) is 6.84. The Labute approximate surface area is 151 Å². The molecule has 0 radical (unpaired) electrons. The van der Waals surface area contributed by atoms with Crippen LogP contribution in [0.15, 0.2) is 30.5 Å². The molecule has 0 spiro atoms. The SMILES string of the molecule is COc1ccccc1-c1ncc(CN2C(=O)[C@H](C)N(C)C(=O)[C@@H]2C)s1. The van der Waals surface area contributed by atoms with Crippen molar-refractivity contribution >= 4 is 23.2 Å². The van der Waals surface area contributed by atoms with E-state index in [0.29, 0.717) is 6.54 Å². The number of rotatable bonds is 4. The number of amides is 2. The molecule has 7 heteroatoms. The summed E-state index contributed by atoms with van der Waals surface area (Å²) < 4.78 is 5.38. The maximum Gasteiger partial charge on any atom is 0.246 e. The van der Waals surface area contributed by atoms with E-state index in [4.69, 9.17) is 4.74 Å². The largest absolute Gasteiger partial charge is 0.496 e. The van der Waals surface area contributed by atoms with Crippen LogP contribution in [0.1, 0.15) is 18.7 Å². The monoisotopic (exact) mass is 359 g/mol. The molecule has 132 valence electrons. The first-order valence-corrected chi connectivity index (χ1v) is 8.91. The molecule has 1 aromatic heterocycles. The quantitative estimate of drug-likeness (QED) is 0.841. The minimum absolute atomic E-state index is 0.0400. The molecule has 0 saturated carbocycles. The van der Waals surface area contributed by atoms with Crippen molar-refractivity contribution in [1.29, 1.82) is 0 Å². The molecule has 6 nitrogen and oxygen atoms in total. The zero-order valence-corrected chi connectivity index (χ0v) is 15.5. The van der Waals surface area contributed by atoms with Gasteiger partial charge in [-0.05, 0) is 26.0 Å². The predicted octanol–water partition coefficient (Wildman–Crippen LogP) is 2.40. The molecule has 3 rings (SSSR count). The Hall–Kier alpha value is -2.41. The van der Waals surface area contributed by atoms with Crippen LogP contribution in [0.25, 0.3) is 10.6 Å². The minimum Gasteiger partial charge on any atom is -0.496 e. The average molecular weight is 359 g/mol. The number of methoxy groups -OCH3 is 1. The van der Waals surface area contributed by atoms with Crippen LogP contribution in [0.5, 0.6) is 5.75 Å². The van der Waals surface area contributed by atoms with Gasteiger partial charge in [-0.25, -0.2) is 4.98 Å². The van der Waals surface area contributed by atoms with Crippen molar-refractivity contribution in [2.24, 2.45) is 0 Å². The highest BCUT2D eigenvalue weighted by Crippen LogP contribution is 2.33. The lowest BCUT2D eigenvalue weighted by Crippen LogP contribution is -2.61. The number of ether oxygens (including phenoxy) is 1. The Morgan fingerprint density at radius 1 is 1.16 bits per heavy atom. The zero-order chi connectivity index (χ0) is 18.1. The first-order chi connectivity index (χ1) is 11.9. The molecule has 0 aliphatic carbocycles. The summed E-state index contributed by atoms with van der Waals surface area (Å²) in [5.74, 6) is 0.680. The normalized spacial score (nSPS) is 21.0. The molecule has 1 fully saturated rings. The number of para-hydroxylation sites is 1. The second-order valence-electron chi connectivity index (χ2n) is 6.10. The first-order valence-electron chi connectivity index (χ1n) is 8.09. The van der Waals surface area contributed by atoms with Crippen molar-refractivity contribution in [2.45, 2.75) is 32.5 Å². The molecule has 0 N–H and O–H groups in total.